The Morgan fingerprint density at radius 2 is 1.94 bits per heavy atom. The molecule has 0 aliphatic heterocycles. The Labute approximate surface area is 111 Å². The van der Waals surface area contributed by atoms with Crippen LogP contribution in [0.5, 0.6) is 0 Å². The molecule has 0 aromatic rings. The summed E-state index contributed by atoms with van der Waals surface area (Å²) in [6, 6.07) is 0. The van der Waals surface area contributed by atoms with Crippen LogP contribution in [-0.4, -0.2) is 75.4 Å². The van der Waals surface area contributed by atoms with Crippen LogP contribution >= 0.6 is 0 Å². The van der Waals surface area contributed by atoms with E-state index in [1.807, 2.05) is 13.8 Å². The second-order valence-corrected chi connectivity index (χ2v) is 4.34. The van der Waals surface area contributed by atoms with Crippen molar-refractivity contribution >= 4 is 0 Å². The second kappa shape index (κ2) is 11.9. The van der Waals surface area contributed by atoms with Crippen LogP contribution in [0, 0.1) is 0 Å². The molecule has 0 rings (SSSR count). The van der Waals surface area contributed by atoms with Crippen LogP contribution < -0.4 is 0 Å². The Hall–Kier alpha value is -0.200. The zero-order chi connectivity index (χ0) is 13.8. The van der Waals surface area contributed by atoms with Crippen molar-refractivity contribution in [2.24, 2.45) is 0 Å². The predicted octanol–water partition coefficient (Wildman–Crippen LogP) is 0.757. The molecule has 2 atom stereocenters. The molecule has 0 bridgehead atoms. The lowest BCUT2D eigenvalue weighted by Crippen LogP contribution is -2.37. The van der Waals surface area contributed by atoms with Gasteiger partial charge in [0.25, 0.3) is 0 Å². The first-order valence-corrected chi connectivity index (χ1v) is 6.72. The van der Waals surface area contributed by atoms with Crippen molar-refractivity contribution in [3.05, 3.63) is 0 Å². The fourth-order valence-electron chi connectivity index (χ4n) is 1.63. The highest BCUT2D eigenvalue weighted by molar-refractivity contribution is 4.63. The maximum atomic E-state index is 9.88. The number of hydrogen-bond acceptors (Lipinski definition) is 5. The molecule has 0 heterocycles. The molecule has 0 saturated heterocycles. The molecule has 0 fully saturated rings. The zero-order valence-electron chi connectivity index (χ0n) is 12.2. The third-order valence-corrected chi connectivity index (χ3v) is 2.65. The molecule has 1 N–H and O–H groups in total. The number of aliphatic hydroxyl groups excluding tert-OH is 1. The van der Waals surface area contributed by atoms with E-state index < -0.39 is 6.10 Å². The predicted molar refractivity (Wildman–Crippen MR) is 71.9 cm³/mol. The van der Waals surface area contributed by atoms with Crippen molar-refractivity contribution in [2.45, 2.75) is 33.0 Å². The van der Waals surface area contributed by atoms with E-state index >= 15 is 0 Å². The number of nitrogens with zero attached hydrogens (tertiary/aromatic N) is 1. The summed E-state index contributed by atoms with van der Waals surface area (Å²) in [4.78, 5) is 2.16. The third kappa shape index (κ3) is 9.79. The number of hydrogen-bond donors (Lipinski definition) is 1. The summed E-state index contributed by atoms with van der Waals surface area (Å²) in [5.74, 6) is 0. The number of aliphatic hydroxyl groups is 1. The maximum Gasteiger partial charge on any atom is 0.0900 e. The Morgan fingerprint density at radius 3 is 2.50 bits per heavy atom. The SMILES string of the molecule is CCOCCN(CC)CC(O)COC(C)COC. The molecule has 0 radical (unpaired) electrons. The number of rotatable bonds is 12. The fourth-order valence-corrected chi connectivity index (χ4v) is 1.63. The molecule has 0 amide bonds. The maximum absolute atomic E-state index is 9.88. The van der Waals surface area contributed by atoms with E-state index in [0.29, 0.717) is 26.4 Å². The third-order valence-electron chi connectivity index (χ3n) is 2.65. The van der Waals surface area contributed by atoms with Crippen molar-refractivity contribution in [3.8, 4) is 0 Å². The highest BCUT2D eigenvalue weighted by atomic mass is 16.5. The normalized spacial score (nSPS) is 15.0. The average molecular weight is 263 g/mol. The van der Waals surface area contributed by atoms with Gasteiger partial charge in [0.1, 0.15) is 0 Å². The van der Waals surface area contributed by atoms with Crippen molar-refractivity contribution in [2.75, 3.05) is 53.2 Å². The van der Waals surface area contributed by atoms with Crippen molar-refractivity contribution in [1.82, 2.24) is 4.90 Å². The Kier molecular flexibility index (Phi) is 11.7. The molecule has 0 aliphatic carbocycles. The average Bonchev–Trinajstić information content (AvgIpc) is 2.35. The number of likely N-dealkylation sites (N-methyl/N-ethyl adjacent to an activating group) is 1. The van der Waals surface area contributed by atoms with Crippen LogP contribution in [-0.2, 0) is 14.2 Å². The monoisotopic (exact) mass is 263 g/mol. The van der Waals surface area contributed by atoms with E-state index in [1.165, 1.54) is 0 Å². The first-order valence-electron chi connectivity index (χ1n) is 6.72. The van der Waals surface area contributed by atoms with E-state index in [9.17, 15) is 5.11 Å². The first-order chi connectivity index (χ1) is 8.63. The van der Waals surface area contributed by atoms with E-state index in [-0.39, 0.29) is 6.10 Å². The Balaban J connectivity index is 3.71. The standard InChI is InChI=1S/C13H29NO4/c1-5-14(7-8-17-6-2)9-13(15)11-18-12(3)10-16-4/h12-13,15H,5-11H2,1-4H3. The van der Waals surface area contributed by atoms with Crippen molar-refractivity contribution < 1.29 is 19.3 Å². The molecular weight excluding hydrogens is 234 g/mol. The summed E-state index contributed by atoms with van der Waals surface area (Å²) in [5, 5.41) is 9.88. The molecule has 5 heteroatoms. The fraction of sp³-hybridized carbons (Fsp3) is 1.00. The lowest BCUT2D eigenvalue weighted by molar-refractivity contribution is -0.0407. The van der Waals surface area contributed by atoms with Gasteiger partial charge in [-0.1, -0.05) is 6.92 Å². The van der Waals surface area contributed by atoms with Gasteiger partial charge in [0.2, 0.25) is 0 Å². The topological polar surface area (TPSA) is 51.2 Å². The van der Waals surface area contributed by atoms with Crippen molar-refractivity contribution in [3.63, 3.8) is 0 Å². The summed E-state index contributed by atoms with van der Waals surface area (Å²) in [6.07, 6.45) is -0.450. The minimum absolute atomic E-state index is 0.0168. The number of methoxy groups -OCH3 is 1. The molecule has 18 heavy (non-hydrogen) atoms. The summed E-state index contributed by atoms with van der Waals surface area (Å²) in [7, 11) is 1.64. The van der Waals surface area contributed by atoms with E-state index in [2.05, 4.69) is 11.8 Å². The molecule has 0 aromatic heterocycles. The quantitative estimate of drug-likeness (QED) is 0.527. The van der Waals surface area contributed by atoms with E-state index in [0.717, 1.165) is 19.7 Å². The van der Waals surface area contributed by atoms with Gasteiger partial charge in [-0.2, -0.15) is 0 Å². The molecular formula is C13H29NO4. The van der Waals surface area contributed by atoms with Crippen molar-refractivity contribution in [1.29, 1.82) is 0 Å². The lowest BCUT2D eigenvalue weighted by Gasteiger charge is -2.24. The van der Waals surface area contributed by atoms with Crippen LogP contribution in [0.2, 0.25) is 0 Å². The van der Waals surface area contributed by atoms with E-state index in [1.54, 1.807) is 7.11 Å². The Morgan fingerprint density at radius 1 is 1.22 bits per heavy atom. The summed E-state index contributed by atoms with van der Waals surface area (Å²) < 4.78 is 15.8. The van der Waals surface area contributed by atoms with Gasteiger partial charge < -0.3 is 19.3 Å². The first kappa shape index (κ1) is 17.8. The minimum atomic E-state index is -0.467. The van der Waals surface area contributed by atoms with Crippen LogP contribution in [0.25, 0.3) is 0 Å². The van der Waals surface area contributed by atoms with E-state index in [4.69, 9.17) is 14.2 Å². The molecule has 0 aromatic carbocycles. The molecule has 2 unspecified atom stereocenters. The molecule has 0 spiro atoms. The minimum Gasteiger partial charge on any atom is -0.389 e. The highest BCUT2D eigenvalue weighted by Gasteiger charge is 2.12. The van der Waals surface area contributed by atoms with Gasteiger partial charge in [-0.15, -0.1) is 0 Å². The largest absolute Gasteiger partial charge is 0.389 e. The van der Waals surface area contributed by atoms with Crippen LogP contribution in [0.1, 0.15) is 20.8 Å². The van der Waals surface area contributed by atoms with Gasteiger partial charge >= 0.3 is 0 Å². The zero-order valence-corrected chi connectivity index (χ0v) is 12.2. The van der Waals surface area contributed by atoms with Gasteiger partial charge in [-0.3, -0.25) is 4.90 Å². The summed E-state index contributed by atoms with van der Waals surface area (Å²) in [5.41, 5.74) is 0. The number of ether oxygens (including phenoxy) is 3. The van der Waals surface area contributed by atoms with Crippen LogP contribution in [0.3, 0.4) is 0 Å². The van der Waals surface area contributed by atoms with Crippen LogP contribution in [0.4, 0.5) is 0 Å². The molecule has 110 valence electrons. The van der Waals surface area contributed by atoms with Gasteiger partial charge in [-0.05, 0) is 20.4 Å². The summed E-state index contributed by atoms with van der Waals surface area (Å²) >= 11 is 0. The molecule has 5 nitrogen and oxygen atoms in total. The second-order valence-electron chi connectivity index (χ2n) is 4.34. The summed E-state index contributed by atoms with van der Waals surface area (Å²) in [6.45, 7) is 10.7. The van der Waals surface area contributed by atoms with Gasteiger partial charge in [0.15, 0.2) is 0 Å². The highest BCUT2D eigenvalue weighted by Crippen LogP contribution is 1.97. The lowest BCUT2D eigenvalue weighted by atomic mass is 10.3. The van der Waals surface area contributed by atoms with Gasteiger partial charge in [0, 0.05) is 26.8 Å². The Bertz CT molecular complexity index is 180. The molecule has 0 saturated carbocycles. The van der Waals surface area contributed by atoms with Gasteiger partial charge in [-0.25, -0.2) is 0 Å². The smallest absolute Gasteiger partial charge is 0.0900 e. The molecule has 0 aliphatic rings. The van der Waals surface area contributed by atoms with Crippen LogP contribution in [0.15, 0.2) is 0 Å². The van der Waals surface area contributed by atoms with Gasteiger partial charge in [0.05, 0.1) is 32.0 Å².